The first-order valence-corrected chi connectivity index (χ1v) is 6.98. The number of para-hydroxylation sites is 1. The van der Waals surface area contributed by atoms with Crippen molar-refractivity contribution >= 4 is 5.69 Å². The molecule has 0 fully saturated rings. The number of benzene rings is 1. The summed E-state index contributed by atoms with van der Waals surface area (Å²) in [6.45, 7) is 5.67. The molecule has 2 N–H and O–H groups in total. The fourth-order valence-electron chi connectivity index (χ4n) is 2.55. The second-order valence-electron chi connectivity index (χ2n) is 5.14. The van der Waals surface area contributed by atoms with Crippen molar-refractivity contribution in [2.24, 2.45) is 0 Å². The Morgan fingerprint density at radius 3 is 2.94 bits per heavy atom. The summed E-state index contributed by atoms with van der Waals surface area (Å²) in [5, 5.41) is 12.4. The summed E-state index contributed by atoms with van der Waals surface area (Å²) >= 11 is 0. The van der Waals surface area contributed by atoms with Crippen LogP contribution in [-0.4, -0.2) is 30.8 Å². The summed E-state index contributed by atoms with van der Waals surface area (Å²) in [5.74, 6) is 0. The van der Waals surface area contributed by atoms with Crippen molar-refractivity contribution in [1.29, 1.82) is 0 Å². The summed E-state index contributed by atoms with van der Waals surface area (Å²) < 4.78 is 0. The standard InChI is InChI=1S/C15H24N2O/c1-13-12-17(9-5-2-6-10-18)15-8-4-3-7-14(15)11-16-13/h3-4,7-8,13,16,18H,2,5-6,9-12H2,1H3. The lowest BCUT2D eigenvalue weighted by atomic mass is 10.1. The number of nitrogens with one attached hydrogen (secondary N) is 1. The maximum Gasteiger partial charge on any atom is 0.0431 e. The van der Waals surface area contributed by atoms with Crippen molar-refractivity contribution < 1.29 is 5.11 Å². The Kier molecular flexibility index (Phi) is 5.02. The van der Waals surface area contributed by atoms with E-state index in [1.807, 2.05) is 0 Å². The SMILES string of the molecule is CC1CN(CCCCCO)c2ccccc2CN1. The van der Waals surface area contributed by atoms with Crippen LogP contribution in [0.1, 0.15) is 31.7 Å². The minimum Gasteiger partial charge on any atom is -0.396 e. The number of unbranched alkanes of at least 4 members (excludes halogenated alkanes) is 2. The summed E-state index contributed by atoms with van der Waals surface area (Å²) in [7, 11) is 0. The zero-order valence-electron chi connectivity index (χ0n) is 11.2. The molecule has 1 aliphatic rings. The van der Waals surface area contributed by atoms with Crippen molar-refractivity contribution in [3.8, 4) is 0 Å². The molecule has 0 aromatic heterocycles. The van der Waals surface area contributed by atoms with Gasteiger partial charge in [-0.25, -0.2) is 0 Å². The maximum atomic E-state index is 8.82. The number of fused-ring (bicyclic) bond motifs is 1. The van der Waals surface area contributed by atoms with Gasteiger partial charge in [0, 0.05) is 38.0 Å². The Hall–Kier alpha value is -1.06. The molecule has 0 radical (unpaired) electrons. The van der Waals surface area contributed by atoms with E-state index in [2.05, 4.69) is 41.4 Å². The van der Waals surface area contributed by atoms with Crippen molar-refractivity contribution in [2.75, 3.05) is 24.6 Å². The Balaban J connectivity index is 2.02. The van der Waals surface area contributed by atoms with E-state index in [1.165, 1.54) is 11.3 Å². The second kappa shape index (κ2) is 6.76. The Morgan fingerprint density at radius 1 is 1.28 bits per heavy atom. The highest BCUT2D eigenvalue weighted by atomic mass is 16.2. The topological polar surface area (TPSA) is 35.5 Å². The van der Waals surface area contributed by atoms with Crippen LogP contribution < -0.4 is 10.2 Å². The molecular formula is C15H24N2O. The van der Waals surface area contributed by atoms with Crippen LogP contribution in [0.15, 0.2) is 24.3 Å². The van der Waals surface area contributed by atoms with Gasteiger partial charge in [-0.2, -0.15) is 0 Å². The number of hydrogen-bond donors (Lipinski definition) is 2. The van der Waals surface area contributed by atoms with Crippen LogP contribution in [-0.2, 0) is 6.54 Å². The molecule has 0 saturated heterocycles. The summed E-state index contributed by atoms with van der Waals surface area (Å²) in [6.07, 6.45) is 3.18. The Morgan fingerprint density at radius 2 is 2.11 bits per heavy atom. The number of rotatable bonds is 5. The average molecular weight is 248 g/mol. The number of anilines is 1. The largest absolute Gasteiger partial charge is 0.396 e. The number of hydrogen-bond acceptors (Lipinski definition) is 3. The molecule has 1 unspecified atom stereocenters. The van der Waals surface area contributed by atoms with Crippen molar-refractivity contribution in [1.82, 2.24) is 5.32 Å². The van der Waals surface area contributed by atoms with Crippen LogP contribution >= 0.6 is 0 Å². The van der Waals surface area contributed by atoms with Gasteiger partial charge in [0.25, 0.3) is 0 Å². The molecule has 1 aromatic carbocycles. The van der Waals surface area contributed by atoms with Gasteiger partial charge >= 0.3 is 0 Å². The molecule has 1 aromatic rings. The highest BCUT2D eigenvalue weighted by Crippen LogP contribution is 2.23. The summed E-state index contributed by atoms with van der Waals surface area (Å²) in [5.41, 5.74) is 2.77. The highest BCUT2D eigenvalue weighted by Gasteiger charge is 2.17. The lowest BCUT2D eigenvalue weighted by Crippen LogP contribution is -2.36. The molecule has 0 bridgehead atoms. The minimum atomic E-state index is 0.314. The van der Waals surface area contributed by atoms with Gasteiger partial charge < -0.3 is 15.3 Å². The number of nitrogens with zero attached hydrogens (tertiary/aromatic N) is 1. The van der Waals surface area contributed by atoms with Crippen molar-refractivity contribution in [3.05, 3.63) is 29.8 Å². The van der Waals surface area contributed by atoms with E-state index in [0.717, 1.165) is 38.9 Å². The number of aliphatic hydroxyl groups is 1. The first-order valence-electron chi connectivity index (χ1n) is 6.98. The van der Waals surface area contributed by atoms with E-state index < -0.39 is 0 Å². The fourth-order valence-corrected chi connectivity index (χ4v) is 2.55. The third kappa shape index (κ3) is 3.47. The molecule has 0 amide bonds. The lowest BCUT2D eigenvalue weighted by Gasteiger charge is -2.26. The van der Waals surface area contributed by atoms with Gasteiger partial charge in [-0.05, 0) is 37.8 Å². The molecule has 1 heterocycles. The second-order valence-corrected chi connectivity index (χ2v) is 5.14. The zero-order valence-corrected chi connectivity index (χ0v) is 11.2. The van der Waals surface area contributed by atoms with Gasteiger partial charge in [-0.3, -0.25) is 0 Å². The minimum absolute atomic E-state index is 0.314. The summed E-state index contributed by atoms with van der Waals surface area (Å²) in [4.78, 5) is 2.48. The van der Waals surface area contributed by atoms with Crippen molar-refractivity contribution in [3.63, 3.8) is 0 Å². The van der Waals surface area contributed by atoms with Gasteiger partial charge in [0.2, 0.25) is 0 Å². The van der Waals surface area contributed by atoms with Crippen LogP contribution in [0.5, 0.6) is 0 Å². The molecule has 1 aliphatic heterocycles. The molecule has 18 heavy (non-hydrogen) atoms. The zero-order chi connectivity index (χ0) is 12.8. The van der Waals surface area contributed by atoms with Gasteiger partial charge in [-0.1, -0.05) is 18.2 Å². The van der Waals surface area contributed by atoms with E-state index in [0.29, 0.717) is 12.6 Å². The van der Waals surface area contributed by atoms with Crippen LogP contribution in [0.4, 0.5) is 5.69 Å². The maximum absolute atomic E-state index is 8.82. The van der Waals surface area contributed by atoms with E-state index in [4.69, 9.17) is 5.11 Å². The first kappa shape index (κ1) is 13.4. The third-order valence-corrected chi connectivity index (χ3v) is 3.55. The summed E-state index contributed by atoms with van der Waals surface area (Å²) in [6, 6.07) is 9.19. The smallest absolute Gasteiger partial charge is 0.0431 e. The molecular weight excluding hydrogens is 224 g/mol. The van der Waals surface area contributed by atoms with E-state index in [9.17, 15) is 0 Å². The first-order chi connectivity index (χ1) is 8.81. The molecule has 3 nitrogen and oxygen atoms in total. The molecule has 0 saturated carbocycles. The van der Waals surface area contributed by atoms with Gasteiger partial charge in [0.05, 0.1) is 0 Å². The average Bonchev–Trinajstić information content (AvgIpc) is 2.55. The highest BCUT2D eigenvalue weighted by molar-refractivity contribution is 5.54. The lowest BCUT2D eigenvalue weighted by molar-refractivity contribution is 0.283. The molecule has 100 valence electrons. The Labute approximate surface area is 110 Å². The molecule has 0 spiro atoms. The monoisotopic (exact) mass is 248 g/mol. The van der Waals surface area contributed by atoms with E-state index >= 15 is 0 Å². The van der Waals surface area contributed by atoms with Crippen LogP contribution in [0, 0.1) is 0 Å². The molecule has 3 heteroatoms. The third-order valence-electron chi connectivity index (χ3n) is 3.55. The number of aliphatic hydroxyl groups excluding tert-OH is 1. The van der Waals surface area contributed by atoms with E-state index in [1.54, 1.807) is 0 Å². The van der Waals surface area contributed by atoms with E-state index in [-0.39, 0.29) is 0 Å². The van der Waals surface area contributed by atoms with Gasteiger partial charge in [0.1, 0.15) is 0 Å². The van der Waals surface area contributed by atoms with Crippen molar-refractivity contribution in [2.45, 2.75) is 38.8 Å². The van der Waals surface area contributed by atoms with Crippen LogP contribution in [0.2, 0.25) is 0 Å². The Bertz CT molecular complexity index is 367. The fraction of sp³-hybridized carbons (Fsp3) is 0.600. The van der Waals surface area contributed by atoms with Crippen LogP contribution in [0.25, 0.3) is 0 Å². The van der Waals surface area contributed by atoms with Gasteiger partial charge in [-0.15, -0.1) is 0 Å². The molecule has 2 rings (SSSR count). The predicted octanol–water partition coefficient (Wildman–Crippen LogP) is 2.15. The quantitative estimate of drug-likeness (QED) is 0.784. The molecule has 0 aliphatic carbocycles. The molecule has 1 atom stereocenters. The van der Waals surface area contributed by atoms with Crippen LogP contribution in [0.3, 0.4) is 0 Å². The van der Waals surface area contributed by atoms with Gasteiger partial charge in [0.15, 0.2) is 0 Å². The predicted molar refractivity (Wildman–Crippen MR) is 75.9 cm³/mol. The normalized spacial score (nSPS) is 19.4.